The summed E-state index contributed by atoms with van der Waals surface area (Å²) in [5.74, 6) is -0.747. The molecule has 5 heteroatoms. The molecule has 0 radical (unpaired) electrons. The summed E-state index contributed by atoms with van der Waals surface area (Å²) in [7, 11) is 0. The second kappa shape index (κ2) is 7.97. The molecule has 0 unspecified atom stereocenters. The summed E-state index contributed by atoms with van der Waals surface area (Å²) < 4.78 is 0. The average Bonchev–Trinajstić information content (AvgIpc) is 2.67. The van der Waals surface area contributed by atoms with Crippen molar-refractivity contribution >= 4 is 23.1 Å². The number of nitrogens with zero attached hydrogens (tertiary/aromatic N) is 1. The molecule has 1 heterocycles. The van der Waals surface area contributed by atoms with Crippen LogP contribution in [0.3, 0.4) is 0 Å². The van der Waals surface area contributed by atoms with Crippen LogP contribution >= 0.6 is 0 Å². The molecule has 0 aliphatic carbocycles. The summed E-state index contributed by atoms with van der Waals surface area (Å²) in [4.78, 5) is 26.4. The number of fused-ring (bicyclic) bond motifs is 1. The van der Waals surface area contributed by atoms with Crippen molar-refractivity contribution in [1.82, 2.24) is 10.2 Å². The van der Waals surface area contributed by atoms with Crippen LogP contribution in [0.5, 0.6) is 0 Å². The summed E-state index contributed by atoms with van der Waals surface area (Å²) in [6.45, 7) is 7.28. The van der Waals surface area contributed by atoms with Crippen LogP contribution in [0, 0.1) is 0 Å². The third-order valence-electron chi connectivity index (χ3n) is 4.57. The third kappa shape index (κ3) is 3.83. The number of amides is 2. The van der Waals surface area contributed by atoms with Crippen molar-refractivity contribution in [3.8, 4) is 0 Å². The Kier molecular flexibility index (Phi) is 5.49. The highest BCUT2D eigenvalue weighted by Crippen LogP contribution is 2.24. The number of rotatable bonds is 6. The fraction of sp³-hybridized carbons (Fsp3) is 0.238. The molecule has 0 saturated heterocycles. The minimum Gasteiger partial charge on any atom is -0.361 e. The molecule has 2 aromatic carbocycles. The Hall–Kier alpha value is -2.92. The van der Waals surface area contributed by atoms with E-state index in [4.69, 9.17) is 0 Å². The number of hydrogen-bond acceptors (Lipinski definition) is 4. The van der Waals surface area contributed by atoms with Gasteiger partial charge in [-0.05, 0) is 36.9 Å². The van der Waals surface area contributed by atoms with Crippen LogP contribution in [0.2, 0.25) is 0 Å². The summed E-state index contributed by atoms with van der Waals surface area (Å²) in [5.41, 5.74) is 3.75. The molecular formula is C21H23N3O2. The van der Waals surface area contributed by atoms with Crippen molar-refractivity contribution in [2.24, 2.45) is 0 Å². The number of hydrogen-bond donors (Lipinski definition) is 2. The van der Waals surface area contributed by atoms with Gasteiger partial charge in [0.1, 0.15) is 0 Å². The zero-order valence-electron chi connectivity index (χ0n) is 15.1. The highest BCUT2D eigenvalue weighted by atomic mass is 16.2. The minimum atomic E-state index is -0.389. The number of anilines is 1. The van der Waals surface area contributed by atoms with Crippen molar-refractivity contribution in [3.63, 3.8) is 0 Å². The SMILES string of the molecule is CCN(CC)Cc1ccc(NC=C2C(=O)NC(=O)c3ccccc32)cc1. The van der Waals surface area contributed by atoms with E-state index in [2.05, 4.69) is 41.5 Å². The quantitative estimate of drug-likeness (QED) is 0.621. The predicted molar refractivity (Wildman–Crippen MR) is 104 cm³/mol. The van der Waals surface area contributed by atoms with Crippen LogP contribution in [0.1, 0.15) is 35.3 Å². The Morgan fingerprint density at radius 1 is 0.923 bits per heavy atom. The Morgan fingerprint density at radius 2 is 1.58 bits per heavy atom. The van der Waals surface area contributed by atoms with Crippen molar-refractivity contribution in [2.45, 2.75) is 20.4 Å². The van der Waals surface area contributed by atoms with Gasteiger partial charge in [0.2, 0.25) is 0 Å². The molecule has 2 amide bonds. The highest BCUT2D eigenvalue weighted by molar-refractivity contribution is 6.31. The summed E-state index contributed by atoms with van der Waals surface area (Å²) >= 11 is 0. The molecule has 0 atom stereocenters. The van der Waals surface area contributed by atoms with Crippen LogP contribution in [0.25, 0.3) is 5.57 Å². The van der Waals surface area contributed by atoms with Gasteiger partial charge in [-0.25, -0.2) is 0 Å². The van der Waals surface area contributed by atoms with Crippen LogP contribution in [-0.2, 0) is 11.3 Å². The summed E-state index contributed by atoms with van der Waals surface area (Å²) in [6.07, 6.45) is 1.65. The van der Waals surface area contributed by atoms with E-state index in [9.17, 15) is 9.59 Å². The van der Waals surface area contributed by atoms with Gasteiger partial charge in [0, 0.05) is 29.6 Å². The van der Waals surface area contributed by atoms with Crippen molar-refractivity contribution < 1.29 is 9.59 Å². The fourth-order valence-corrected chi connectivity index (χ4v) is 2.99. The number of carbonyl (C=O) groups excluding carboxylic acids is 2. The lowest BCUT2D eigenvalue weighted by atomic mass is 9.96. The first kappa shape index (κ1) is 17.9. The van der Waals surface area contributed by atoms with E-state index in [0.717, 1.165) is 25.3 Å². The molecule has 2 N–H and O–H groups in total. The van der Waals surface area contributed by atoms with Crippen molar-refractivity contribution in [3.05, 3.63) is 71.4 Å². The fourth-order valence-electron chi connectivity index (χ4n) is 2.99. The molecule has 0 aromatic heterocycles. The second-order valence-electron chi connectivity index (χ2n) is 6.19. The van der Waals surface area contributed by atoms with Gasteiger partial charge in [-0.3, -0.25) is 19.8 Å². The first-order chi connectivity index (χ1) is 12.6. The van der Waals surface area contributed by atoms with Gasteiger partial charge in [0.05, 0.1) is 5.57 Å². The van der Waals surface area contributed by atoms with E-state index < -0.39 is 0 Å². The summed E-state index contributed by atoms with van der Waals surface area (Å²) in [6, 6.07) is 15.3. The normalized spacial score (nSPS) is 15.1. The van der Waals surface area contributed by atoms with Gasteiger partial charge >= 0.3 is 0 Å². The first-order valence-electron chi connectivity index (χ1n) is 8.85. The number of nitrogens with one attached hydrogen (secondary N) is 2. The molecule has 1 aliphatic rings. The van der Waals surface area contributed by atoms with Gasteiger partial charge in [-0.15, -0.1) is 0 Å². The first-order valence-corrected chi connectivity index (χ1v) is 8.85. The molecule has 134 valence electrons. The molecule has 0 bridgehead atoms. The smallest absolute Gasteiger partial charge is 0.260 e. The lowest BCUT2D eigenvalue weighted by molar-refractivity contribution is -0.114. The van der Waals surface area contributed by atoms with Gasteiger partial charge in [-0.2, -0.15) is 0 Å². The summed E-state index contributed by atoms with van der Waals surface area (Å²) in [5, 5.41) is 5.53. The van der Waals surface area contributed by atoms with E-state index >= 15 is 0 Å². The van der Waals surface area contributed by atoms with Crippen LogP contribution in [0.15, 0.2) is 54.7 Å². The molecule has 2 aromatic rings. The number of carbonyl (C=O) groups is 2. The van der Waals surface area contributed by atoms with Crippen molar-refractivity contribution in [2.75, 3.05) is 18.4 Å². The Morgan fingerprint density at radius 3 is 2.23 bits per heavy atom. The standard InChI is InChI=1S/C21H23N3O2/c1-3-24(4-2)14-15-9-11-16(12-10-15)22-13-19-17-7-5-6-8-18(17)20(25)23-21(19)26/h5-13,22H,3-4,14H2,1-2H3,(H,23,25,26). The lowest BCUT2D eigenvalue weighted by Crippen LogP contribution is -2.36. The Balaban J connectivity index is 1.76. The van der Waals surface area contributed by atoms with E-state index in [0.29, 0.717) is 16.7 Å². The number of imide groups is 1. The van der Waals surface area contributed by atoms with E-state index in [1.165, 1.54) is 5.56 Å². The lowest BCUT2D eigenvalue weighted by Gasteiger charge is -2.19. The molecule has 5 nitrogen and oxygen atoms in total. The van der Waals surface area contributed by atoms with E-state index in [-0.39, 0.29) is 11.8 Å². The topological polar surface area (TPSA) is 61.4 Å². The van der Waals surface area contributed by atoms with Crippen LogP contribution in [-0.4, -0.2) is 29.8 Å². The minimum absolute atomic E-state index is 0.358. The van der Waals surface area contributed by atoms with E-state index in [1.54, 1.807) is 24.4 Å². The monoisotopic (exact) mass is 349 g/mol. The molecule has 0 fully saturated rings. The van der Waals surface area contributed by atoms with Gasteiger partial charge in [0.15, 0.2) is 0 Å². The molecule has 1 aliphatic heterocycles. The van der Waals surface area contributed by atoms with E-state index in [1.807, 2.05) is 18.2 Å². The maximum Gasteiger partial charge on any atom is 0.260 e. The maximum atomic E-state index is 12.2. The highest BCUT2D eigenvalue weighted by Gasteiger charge is 2.26. The molecule has 3 rings (SSSR count). The predicted octanol–water partition coefficient (Wildman–Crippen LogP) is 3.25. The Labute approximate surface area is 153 Å². The molecule has 0 spiro atoms. The second-order valence-corrected chi connectivity index (χ2v) is 6.19. The van der Waals surface area contributed by atoms with Crippen molar-refractivity contribution in [1.29, 1.82) is 0 Å². The van der Waals surface area contributed by atoms with Crippen LogP contribution < -0.4 is 10.6 Å². The maximum absolute atomic E-state index is 12.2. The molecular weight excluding hydrogens is 326 g/mol. The number of benzene rings is 2. The Bertz CT molecular complexity index is 837. The van der Waals surface area contributed by atoms with Gasteiger partial charge in [0.25, 0.3) is 11.8 Å². The molecule has 0 saturated carbocycles. The average molecular weight is 349 g/mol. The molecule has 26 heavy (non-hydrogen) atoms. The zero-order valence-corrected chi connectivity index (χ0v) is 15.1. The zero-order chi connectivity index (χ0) is 18.5. The van der Waals surface area contributed by atoms with Gasteiger partial charge in [-0.1, -0.05) is 44.2 Å². The van der Waals surface area contributed by atoms with Gasteiger partial charge < -0.3 is 5.32 Å². The largest absolute Gasteiger partial charge is 0.361 e. The van der Waals surface area contributed by atoms with Crippen LogP contribution in [0.4, 0.5) is 5.69 Å². The third-order valence-corrected chi connectivity index (χ3v) is 4.57.